The van der Waals surface area contributed by atoms with Crippen molar-refractivity contribution in [3.63, 3.8) is 0 Å². The molecule has 6 nitrogen and oxygen atoms in total. The molecule has 0 aromatic heterocycles. The Morgan fingerprint density at radius 1 is 1.18 bits per heavy atom. The first-order valence-electron chi connectivity index (χ1n) is 7.48. The zero-order valence-electron chi connectivity index (χ0n) is 12.5. The number of urea groups is 1. The topological polar surface area (TPSA) is 76.7 Å². The van der Waals surface area contributed by atoms with Crippen molar-refractivity contribution in [2.45, 2.75) is 31.6 Å². The Bertz CT molecular complexity index is 657. The number of carbonyl (C=O) groups is 2. The molecular weight excluding hydrogens is 284 g/mol. The van der Waals surface area contributed by atoms with Gasteiger partial charge >= 0.3 is 6.03 Å². The Labute approximate surface area is 128 Å². The average Bonchev–Trinajstić information content (AvgIpc) is 2.45. The molecule has 2 N–H and O–H groups in total. The highest BCUT2D eigenvalue weighted by molar-refractivity contribution is 5.99. The molecule has 3 amide bonds. The molecule has 0 aliphatic carbocycles. The van der Waals surface area contributed by atoms with Gasteiger partial charge in [0.15, 0.2) is 0 Å². The van der Waals surface area contributed by atoms with Gasteiger partial charge in [-0.2, -0.15) is 0 Å². The van der Waals surface area contributed by atoms with E-state index in [1.54, 1.807) is 0 Å². The highest BCUT2D eigenvalue weighted by atomic mass is 16.5. The van der Waals surface area contributed by atoms with E-state index in [0.717, 1.165) is 11.3 Å². The molecule has 0 unspecified atom stereocenters. The molecule has 3 heterocycles. The number of rotatable bonds is 0. The summed E-state index contributed by atoms with van der Waals surface area (Å²) in [5, 5.41) is 5.09. The maximum atomic E-state index is 12.4. The van der Waals surface area contributed by atoms with Crippen LogP contribution in [0.1, 0.15) is 25.3 Å². The summed E-state index contributed by atoms with van der Waals surface area (Å²) in [7, 11) is 0. The van der Waals surface area contributed by atoms with E-state index in [-0.39, 0.29) is 17.7 Å². The SMILES string of the molecule is CC1(C)O[C@@H]2NC(=O)NC(=O)[C@@H]2[C@@H]2c3ccccc3OC[C@H]21. The quantitative estimate of drug-likeness (QED) is 0.759. The fourth-order valence-electron chi connectivity index (χ4n) is 3.92. The first-order valence-corrected chi connectivity index (χ1v) is 7.48. The van der Waals surface area contributed by atoms with Crippen LogP contribution in [-0.2, 0) is 9.53 Å². The van der Waals surface area contributed by atoms with Gasteiger partial charge in [-0.15, -0.1) is 0 Å². The molecule has 6 heteroatoms. The third-order valence-electron chi connectivity index (χ3n) is 4.98. The number of imide groups is 1. The van der Waals surface area contributed by atoms with Gasteiger partial charge in [0.1, 0.15) is 12.0 Å². The molecule has 2 saturated heterocycles. The van der Waals surface area contributed by atoms with Gasteiger partial charge in [-0.25, -0.2) is 4.79 Å². The van der Waals surface area contributed by atoms with Crippen molar-refractivity contribution in [3.8, 4) is 5.75 Å². The summed E-state index contributed by atoms with van der Waals surface area (Å²) in [6.45, 7) is 4.47. The van der Waals surface area contributed by atoms with Gasteiger partial charge < -0.3 is 14.8 Å². The number of ether oxygens (including phenoxy) is 2. The summed E-state index contributed by atoms with van der Waals surface area (Å²) in [5.74, 6) is 0.0883. The van der Waals surface area contributed by atoms with Crippen LogP contribution in [-0.4, -0.2) is 30.4 Å². The maximum Gasteiger partial charge on any atom is 0.323 e. The van der Waals surface area contributed by atoms with E-state index >= 15 is 0 Å². The average molecular weight is 302 g/mol. The molecule has 116 valence electrons. The lowest BCUT2D eigenvalue weighted by Gasteiger charge is -2.53. The monoisotopic (exact) mass is 302 g/mol. The number of nitrogens with one attached hydrogen (secondary N) is 2. The molecule has 4 rings (SSSR count). The van der Waals surface area contributed by atoms with Gasteiger partial charge in [0.2, 0.25) is 5.91 Å². The highest BCUT2D eigenvalue weighted by Crippen LogP contribution is 2.51. The molecule has 3 aliphatic heterocycles. The second-order valence-corrected chi connectivity index (χ2v) is 6.61. The van der Waals surface area contributed by atoms with E-state index in [0.29, 0.717) is 6.61 Å². The first kappa shape index (κ1) is 13.6. The Morgan fingerprint density at radius 3 is 2.77 bits per heavy atom. The summed E-state index contributed by atoms with van der Waals surface area (Å²) in [4.78, 5) is 24.0. The molecule has 1 aromatic rings. The molecule has 2 fully saturated rings. The van der Waals surface area contributed by atoms with Crippen LogP contribution in [0.2, 0.25) is 0 Å². The van der Waals surface area contributed by atoms with Crippen LogP contribution in [0.25, 0.3) is 0 Å². The van der Waals surface area contributed by atoms with Crippen LogP contribution in [0.15, 0.2) is 24.3 Å². The van der Waals surface area contributed by atoms with Gasteiger partial charge in [-0.05, 0) is 25.5 Å². The Balaban J connectivity index is 1.84. The third kappa shape index (κ3) is 1.83. The van der Waals surface area contributed by atoms with Crippen molar-refractivity contribution in [1.29, 1.82) is 0 Å². The molecule has 0 radical (unpaired) electrons. The van der Waals surface area contributed by atoms with Crippen LogP contribution >= 0.6 is 0 Å². The third-order valence-corrected chi connectivity index (χ3v) is 4.98. The lowest BCUT2D eigenvalue weighted by molar-refractivity contribution is -0.200. The zero-order valence-corrected chi connectivity index (χ0v) is 12.5. The van der Waals surface area contributed by atoms with Crippen LogP contribution in [0.3, 0.4) is 0 Å². The fraction of sp³-hybridized carbons (Fsp3) is 0.500. The van der Waals surface area contributed by atoms with Crippen molar-refractivity contribution < 1.29 is 19.1 Å². The molecule has 22 heavy (non-hydrogen) atoms. The molecule has 1 aromatic carbocycles. The van der Waals surface area contributed by atoms with Crippen LogP contribution in [0.4, 0.5) is 4.79 Å². The van der Waals surface area contributed by atoms with Gasteiger partial charge in [-0.1, -0.05) is 18.2 Å². The molecule has 0 saturated carbocycles. The molecule has 3 aliphatic rings. The van der Waals surface area contributed by atoms with Gasteiger partial charge in [-0.3, -0.25) is 10.1 Å². The molecule has 4 atom stereocenters. The number of hydrogen-bond donors (Lipinski definition) is 2. The van der Waals surface area contributed by atoms with Crippen LogP contribution in [0, 0.1) is 11.8 Å². The van der Waals surface area contributed by atoms with Crippen molar-refractivity contribution in [2.75, 3.05) is 6.61 Å². The Kier molecular flexibility index (Phi) is 2.75. The molecular formula is C16H18N2O4. The van der Waals surface area contributed by atoms with Crippen LogP contribution < -0.4 is 15.4 Å². The first-order chi connectivity index (χ1) is 10.5. The number of amides is 3. The zero-order chi connectivity index (χ0) is 15.5. The predicted octanol–water partition coefficient (Wildman–Crippen LogP) is 1.37. The maximum absolute atomic E-state index is 12.4. The largest absolute Gasteiger partial charge is 0.493 e. The van der Waals surface area contributed by atoms with Gasteiger partial charge in [0.05, 0.1) is 18.1 Å². The van der Waals surface area contributed by atoms with Crippen molar-refractivity contribution >= 4 is 11.9 Å². The van der Waals surface area contributed by atoms with Crippen molar-refractivity contribution in [3.05, 3.63) is 29.8 Å². The Hall–Kier alpha value is -2.08. The standard InChI is InChI=1S/C16H18N2O4/c1-16(2)9-7-21-10-6-4-3-5-8(10)11(9)12-13(19)17-15(20)18-14(12)22-16/h3-6,9,11-12,14H,7H2,1-2H3,(H2,17,18,19,20)/t9-,11-,12+,14+/m1/s1. The van der Waals surface area contributed by atoms with E-state index in [4.69, 9.17) is 9.47 Å². The normalized spacial score (nSPS) is 35.2. The molecule has 0 bridgehead atoms. The summed E-state index contributed by atoms with van der Waals surface area (Å²) in [6, 6.07) is 7.28. The minimum absolute atomic E-state index is 0.0423. The van der Waals surface area contributed by atoms with Gasteiger partial charge in [0, 0.05) is 11.8 Å². The van der Waals surface area contributed by atoms with E-state index in [1.165, 1.54) is 0 Å². The smallest absolute Gasteiger partial charge is 0.323 e. The minimum Gasteiger partial charge on any atom is -0.493 e. The Morgan fingerprint density at radius 2 is 1.95 bits per heavy atom. The number of carbonyl (C=O) groups excluding carboxylic acids is 2. The van der Waals surface area contributed by atoms with E-state index in [1.807, 2.05) is 38.1 Å². The number of hydrogen-bond acceptors (Lipinski definition) is 4. The number of para-hydroxylation sites is 1. The van der Waals surface area contributed by atoms with E-state index in [9.17, 15) is 9.59 Å². The van der Waals surface area contributed by atoms with Crippen LogP contribution in [0.5, 0.6) is 5.75 Å². The molecule has 0 spiro atoms. The second kappa shape index (κ2) is 4.46. The fourth-order valence-corrected chi connectivity index (χ4v) is 3.92. The predicted molar refractivity (Wildman–Crippen MR) is 77.3 cm³/mol. The summed E-state index contributed by atoms with van der Waals surface area (Å²) < 4.78 is 11.9. The summed E-state index contributed by atoms with van der Waals surface area (Å²) >= 11 is 0. The van der Waals surface area contributed by atoms with Crippen molar-refractivity contribution in [1.82, 2.24) is 10.6 Å². The van der Waals surface area contributed by atoms with E-state index < -0.39 is 23.8 Å². The van der Waals surface area contributed by atoms with Gasteiger partial charge in [0.25, 0.3) is 0 Å². The highest BCUT2D eigenvalue weighted by Gasteiger charge is 2.57. The van der Waals surface area contributed by atoms with Crippen molar-refractivity contribution in [2.24, 2.45) is 11.8 Å². The minimum atomic E-state index is -0.608. The summed E-state index contributed by atoms with van der Waals surface area (Å²) in [5.41, 5.74) is 0.515. The summed E-state index contributed by atoms with van der Waals surface area (Å²) in [6.07, 6.45) is -0.608. The van der Waals surface area contributed by atoms with E-state index in [2.05, 4.69) is 10.6 Å². The number of fused-ring (bicyclic) bond motifs is 5. The lowest BCUT2D eigenvalue weighted by atomic mass is 9.66. The lowest BCUT2D eigenvalue weighted by Crippen LogP contribution is -2.68. The second-order valence-electron chi connectivity index (χ2n) is 6.61. The number of benzene rings is 1.